The second-order valence-corrected chi connectivity index (χ2v) is 9.75. The monoisotopic (exact) mass is 545 g/mol. The van der Waals surface area contributed by atoms with Gasteiger partial charge in [-0.1, -0.05) is 76.3 Å². The summed E-state index contributed by atoms with van der Waals surface area (Å²) in [5.41, 5.74) is 1.52. The molecule has 208 valence electrons. The standard InChI is InChI=1S/C29H39N3O5.ClH/c33-26-18-17-23(21-31(26)22-27(34)35)30-19-13-9-7-5-3-1-2-4-6-8-10-14-20-32-28(36)24-15-11-12-16-25(24)29(32)37;/h11-12,15-18,21,30H,1-10,13-14,19-20,22H2,(H,34,35);1H. The molecule has 0 saturated heterocycles. The van der Waals surface area contributed by atoms with Crippen molar-refractivity contribution in [2.75, 3.05) is 18.4 Å². The van der Waals surface area contributed by atoms with Crippen LogP contribution in [0.3, 0.4) is 0 Å². The smallest absolute Gasteiger partial charge is 0.323 e. The largest absolute Gasteiger partial charge is 0.480 e. The number of benzene rings is 1. The lowest BCUT2D eigenvalue weighted by molar-refractivity contribution is -0.137. The molecule has 1 aliphatic rings. The lowest BCUT2D eigenvalue weighted by atomic mass is 10.0. The summed E-state index contributed by atoms with van der Waals surface area (Å²) in [6.07, 6.45) is 15.5. The Hall–Kier alpha value is -3.13. The number of aromatic nitrogens is 1. The van der Waals surface area contributed by atoms with E-state index in [1.807, 2.05) is 0 Å². The van der Waals surface area contributed by atoms with E-state index in [4.69, 9.17) is 5.11 Å². The van der Waals surface area contributed by atoms with Crippen molar-refractivity contribution >= 4 is 35.9 Å². The molecule has 0 bridgehead atoms. The van der Waals surface area contributed by atoms with Crippen LogP contribution in [0.5, 0.6) is 0 Å². The highest BCUT2D eigenvalue weighted by Crippen LogP contribution is 2.23. The summed E-state index contributed by atoms with van der Waals surface area (Å²) in [4.78, 5) is 48.6. The number of anilines is 1. The van der Waals surface area contributed by atoms with E-state index in [1.165, 1.54) is 60.5 Å². The second-order valence-electron chi connectivity index (χ2n) is 9.75. The number of carbonyl (C=O) groups is 3. The van der Waals surface area contributed by atoms with Crippen LogP contribution in [0.2, 0.25) is 0 Å². The molecule has 3 rings (SSSR count). The van der Waals surface area contributed by atoms with Crippen LogP contribution in [0.25, 0.3) is 0 Å². The molecular weight excluding hydrogens is 506 g/mol. The summed E-state index contributed by atoms with van der Waals surface area (Å²) in [5, 5.41) is 12.1. The Labute approximate surface area is 230 Å². The van der Waals surface area contributed by atoms with E-state index >= 15 is 0 Å². The molecule has 0 saturated carbocycles. The number of halogens is 1. The SMILES string of the molecule is Cl.O=C(O)Cn1cc(NCCCCCCCCCCCCCCN2C(=O)c3ccccc3C2=O)ccc1=O. The molecule has 38 heavy (non-hydrogen) atoms. The zero-order valence-corrected chi connectivity index (χ0v) is 22.8. The number of nitrogens with zero attached hydrogens (tertiary/aromatic N) is 2. The van der Waals surface area contributed by atoms with Gasteiger partial charge in [0.05, 0.1) is 16.8 Å². The molecule has 0 aliphatic carbocycles. The van der Waals surface area contributed by atoms with E-state index in [0.29, 0.717) is 17.7 Å². The number of pyridine rings is 1. The molecule has 2 heterocycles. The summed E-state index contributed by atoms with van der Waals surface area (Å²) < 4.78 is 1.20. The first-order valence-corrected chi connectivity index (χ1v) is 13.6. The van der Waals surface area contributed by atoms with Crippen molar-refractivity contribution in [3.8, 4) is 0 Å². The molecule has 0 radical (unpaired) electrons. The molecule has 0 fully saturated rings. The van der Waals surface area contributed by atoms with Crippen molar-refractivity contribution < 1.29 is 19.5 Å². The Bertz CT molecular complexity index is 1080. The normalized spacial score (nSPS) is 12.4. The number of carbonyl (C=O) groups excluding carboxylic acids is 2. The van der Waals surface area contributed by atoms with Gasteiger partial charge in [0, 0.05) is 25.4 Å². The van der Waals surface area contributed by atoms with Crippen LogP contribution in [0.15, 0.2) is 47.4 Å². The quantitative estimate of drug-likeness (QED) is 0.182. The number of unbranched alkanes of at least 4 members (excludes halogenated alkanes) is 11. The topological polar surface area (TPSA) is 109 Å². The van der Waals surface area contributed by atoms with Gasteiger partial charge < -0.3 is 15.0 Å². The molecule has 0 spiro atoms. The molecule has 9 heteroatoms. The average Bonchev–Trinajstić information content (AvgIpc) is 3.12. The van der Waals surface area contributed by atoms with Crippen LogP contribution in [-0.2, 0) is 11.3 Å². The van der Waals surface area contributed by atoms with Gasteiger partial charge >= 0.3 is 5.97 Å². The van der Waals surface area contributed by atoms with E-state index in [9.17, 15) is 19.2 Å². The van der Waals surface area contributed by atoms with Crippen molar-refractivity contribution in [2.24, 2.45) is 0 Å². The van der Waals surface area contributed by atoms with E-state index in [2.05, 4.69) is 5.32 Å². The van der Waals surface area contributed by atoms with Crippen LogP contribution < -0.4 is 10.9 Å². The Kier molecular flexibility index (Phi) is 13.6. The minimum Gasteiger partial charge on any atom is -0.480 e. The Morgan fingerprint density at radius 1 is 0.711 bits per heavy atom. The van der Waals surface area contributed by atoms with Gasteiger partial charge in [0.25, 0.3) is 17.4 Å². The van der Waals surface area contributed by atoms with Crippen molar-refractivity contribution in [2.45, 2.75) is 83.6 Å². The van der Waals surface area contributed by atoms with Gasteiger partial charge in [-0.15, -0.1) is 12.4 Å². The van der Waals surface area contributed by atoms with Crippen LogP contribution in [0.1, 0.15) is 97.8 Å². The lowest BCUT2D eigenvalue weighted by Crippen LogP contribution is -2.30. The minimum atomic E-state index is -1.03. The molecule has 2 aromatic rings. The van der Waals surface area contributed by atoms with E-state index < -0.39 is 5.97 Å². The first kappa shape index (κ1) is 31.1. The average molecular weight is 546 g/mol. The fraction of sp³-hybridized carbons (Fsp3) is 0.517. The number of nitrogens with one attached hydrogen (secondary N) is 1. The summed E-state index contributed by atoms with van der Waals surface area (Å²) in [7, 11) is 0. The first-order valence-electron chi connectivity index (χ1n) is 13.6. The molecule has 0 atom stereocenters. The summed E-state index contributed by atoms with van der Waals surface area (Å²) in [6, 6.07) is 10.1. The summed E-state index contributed by atoms with van der Waals surface area (Å²) in [5.74, 6) is -1.34. The third kappa shape index (κ3) is 9.63. The van der Waals surface area contributed by atoms with Gasteiger partial charge in [0.2, 0.25) is 0 Å². The molecule has 2 N–H and O–H groups in total. The van der Waals surface area contributed by atoms with Crippen molar-refractivity contribution in [1.82, 2.24) is 9.47 Å². The number of carboxylic acid groups (broad SMARTS) is 1. The Morgan fingerprint density at radius 3 is 1.74 bits per heavy atom. The predicted octanol–water partition coefficient (Wildman–Crippen LogP) is 5.74. The maximum Gasteiger partial charge on any atom is 0.323 e. The Balaban J connectivity index is 0.00000507. The summed E-state index contributed by atoms with van der Waals surface area (Å²) in [6.45, 7) is 0.990. The van der Waals surface area contributed by atoms with Crippen molar-refractivity contribution in [1.29, 1.82) is 0 Å². The number of hydrogen-bond acceptors (Lipinski definition) is 5. The van der Waals surface area contributed by atoms with Gasteiger partial charge in [-0.2, -0.15) is 0 Å². The van der Waals surface area contributed by atoms with Crippen molar-refractivity contribution in [3.63, 3.8) is 0 Å². The molecule has 8 nitrogen and oxygen atoms in total. The van der Waals surface area contributed by atoms with Crippen LogP contribution in [0.4, 0.5) is 5.69 Å². The van der Waals surface area contributed by atoms with E-state index in [0.717, 1.165) is 44.3 Å². The number of fused-ring (bicyclic) bond motifs is 1. The zero-order chi connectivity index (χ0) is 26.5. The minimum absolute atomic E-state index is 0. The molecule has 0 unspecified atom stereocenters. The highest BCUT2D eigenvalue weighted by Gasteiger charge is 2.34. The number of rotatable bonds is 18. The van der Waals surface area contributed by atoms with Crippen LogP contribution in [-0.4, -0.2) is 45.4 Å². The fourth-order valence-corrected chi connectivity index (χ4v) is 4.74. The van der Waals surface area contributed by atoms with Gasteiger partial charge in [0.15, 0.2) is 0 Å². The first-order chi connectivity index (χ1) is 18.0. The number of imide groups is 1. The second kappa shape index (κ2) is 16.7. The predicted molar refractivity (Wildman–Crippen MR) is 151 cm³/mol. The van der Waals surface area contributed by atoms with Gasteiger partial charge in [0.1, 0.15) is 6.54 Å². The van der Waals surface area contributed by atoms with Crippen molar-refractivity contribution in [3.05, 3.63) is 64.1 Å². The number of hydrogen-bond donors (Lipinski definition) is 2. The van der Waals surface area contributed by atoms with E-state index in [-0.39, 0.29) is 36.3 Å². The van der Waals surface area contributed by atoms with E-state index in [1.54, 1.807) is 36.5 Å². The Morgan fingerprint density at radius 2 is 1.21 bits per heavy atom. The lowest BCUT2D eigenvalue weighted by Gasteiger charge is -2.13. The van der Waals surface area contributed by atoms with Gasteiger partial charge in [-0.05, 0) is 31.0 Å². The molecule has 2 amide bonds. The molecular formula is C29H40ClN3O5. The third-order valence-electron chi connectivity index (χ3n) is 6.80. The van der Waals surface area contributed by atoms with Gasteiger partial charge in [-0.3, -0.25) is 24.1 Å². The third-order valence-corrected chi connectivity index (χ3v) is 6.80. The number of amides is 2. The summed E-state index contributed by atoms with van der Waals surface area (Å²) >= 11 is 0. The highest BCUT2D eigenvalue weighted by molar-refractivity contribution is 6.21. The molecule has 1 aromatic carbocycles. The van der Waals surface area contributed by atoms with Gasteiger partial charge in [-0.25, -0.2) is 0 Å². The fourth-order valence-electron chi connectivity index (χ4n) is 4.74. The maximum atomic E-state index is 12.4. The number of carboxylic acids is 1. The molecule has 1 aromatic heterocycles. The van der Waals surface area contributed by atoms with Crippen LogP contribution >= 0.6 is 12.4 Å². The maximum absolute atomic E-state index is 12.4. The highest BCUT2D eigenvalue weighted by atomic mass is 35.5. The number of aliphatic carboxylic acids is 1. The molecule has 1 aliphatic heterocycles. The zero-order valence-electron chi connectivity index (χ0n) is 22.0. The van der Waals surface area contributed by atoms with Crippen LogP contribution in [0, 0.1) is 0 Å².